The van der Waals surface area contributed by atoms with Gasteiger partial charge in [-0.1, -0.05) is 103 Å². The summed E-state index contributed by atoms with van der Waals surface area (Å²) in [5, 5.41) is 0. The van der Waals surface area contributed by atoms with Crippen molar-refractivity contribution >= 4 is 5.97 Å². The highest BCUT2D eigenvalue weighted by Crippen LogP contribution is 2.12. The molecule has 26 heavy (non-hydrogen) atoms. The van der Waals surface area contributed by atoms with Crippen LogP contribution >= 0.6 is 0 Å². The van der Waals surface area contributed by atoms with E-state index in [0.717, 1.165) is 12.8 Å². The van der Waals surface area contributed by atoms with Crippen molar-refractivity contribution in [1.29, 1.82) is 0 Å². The molecule has 0 heterocycles. The fraction of sp³-hybridized carbons (Fsp3) is 0.875. The fourth-order valence-electron chi connectivity index (χ4n) is 3.33. The molecule has 2 heteroatoms. The Hall–Kier alpha value is -0.790. The van der Waals surface area contributed by atoms with Gasteiger partial charge in [0.05, 0.1) is 7.11 Å². The van der Waals surface area contributed by atoms with Crippen LogP contribution in [-0.2, 0) is 9.53 Å². The molecule has 0 aliphatic rings. The second-order valence-electron chi connectivity index (χ2n) is 7.68. The van der Waals surface area contributed by atoms with Crippen LogP contribution in [0.2, 0.25) is 0 Å². The Balaban J connectivity index is 3.10. The van der Waals surface area contributed by atoms with E-state index in [1.54, 1.807) is 0 Å². The van der Waals surface area contributed by atoms with E-state index in [2.05, 4.69) is 23.8 Å². The van der Waals surface area contributed by atoms with Crippen molar-refractivity contribution in [2.24, 2.45) is 0 Å². The number of esters is 1. The first-order valence-electron chi connectivity index (χ1n) is 11.5. The smallest absolute Gasteiger partial charge is 0.305 e. The Morgan fingerprint density at radius 2 is 1.00 bits per heavy atom. The maximum Gasteiger partial charge on any atom is 0.305 e. The third-order valence-electron chi connectivity index (χ3n) is 5.12. The van der Waals surface area contributed by atoms with Gasteiger partial charge in [-0.25, -0.2) is 0 Å². The number of hydrogen-bond acceptors (Lipinski definition) is 2. The van der Waals surface area contributed by atoms with Gasteiger partial charge in [-0.3, -0.25) is 4.79 Å². The highest BCUT2D eigenvalue weighted by atomic mass is 16.5. The van der Waals surface area contributed by atoms with Gasteiger partial charge in [0.25, 0.3) is 0 Å². The van der Waals surface area contributed by atoms with E-state index in [1.165, 1.54) is 110 Å². The number of carbonyl (C=O) groups excluding carboxylic acids is 1. The van der Waals surface area contributed by atoms with Gasteiger partial charge in [0.2, 0.25) is 0 Å². The monoisotopic (exact) mass is 366 g/mol. The standard InChI is InChI=1S/C24H46O2/c1-3-4-5-6-7-8-9-10-11-12-13-14-15-16-17-18-19-20-21-22-23-24(25)26-2/h14-15H,3-13,16-23H2,1-2H3. The van der Waals surface area contributed by atoms with Crippen molar-refractivity contribution in [1.82, 2.24) is 0 Å². The highest BCUT2D eigenvalue weighted by Gasteiger charge is 1.98. The SMILES string of the molecule is CCCCCCCCCCCCC=CCCCCCCCCC(=O)OC. The Morgan fingerprint density at radius 1 is 0.615 bits per heavy atom. The van der Waals surface area contributed by atoms with Gasteiger partial charge >= 0.3 is 5.97 Å². The zero-order valence-electron chi connectivity index (χ0n) is 17.9. The van der Waals surface area contributed by atoms with E-state index < -0.39 is 0 Å². The van der Waals surface area contributed by atoms with Crippen LogP contribution < -0.4 is 0 Å². The molecule has 2 nitrogen and oxygen atoms in total. The fourth-order valence-corrected chi connectivity index (χ4v) is 3.33. The minimum Gasteiger partial charge on any atom is -0.469 e. The van der Waals surface area contributed by atoms with Gasteiger partial charge in [-0.15, -0.1) is 0 Å². The second kappa shape index (κ2) is 22.3. The molecule has 0 spiro atoms. The summed E-state index contributed by atoms with van der Waals surface area (Å²) in [6, 6.07) is 0. The summed E-state index contributed by atoms with van der Waals surface area (Å²) in [6.45, 7) is 2.28. The van der Waals surface area contributed by atoms with Crippen LogP contribution in [-0.4, -0.2) is 13.1 Å². The number of rotatable bonds is 20. The molecule has 0 aromatic carbocycles. The zero-order valence-corrected chi connectivity index (χ0v) is 17.9. The molecule has 154 valence electrons. The van der Waals surface area contributed by atoms with E-state index >= 15 is 0 Å². The van der Waals surface area contributed by atoms with Gasteiger partial charge in [-0.2, -0.15) is 0 Å². The Morgan fingerprint density at radius 3 is 1.42 bits per heavy atom. The van der Waals surface area contributed by atoms with Crippen LogP contribution in [0.5, 0.6) is 0 Å². The summed E-state index contributed by atoms with van der Waals surface area (Å²) in [6.07, 6.45) is 29.4. The molecule has 0 unspecified atom stereocenters. The van der Waals surface area contributed by atoms with Crippen LogP contribution in [0.4, 0.5) is 0 Å². The molecule has 0 bridgehead atoms. The van der Waals surface area contributed by atoms with E-state index in [9.17, 15) is 4.79 Å². The summed E-state index contributed by atoms with van der Waals surface area (Å²) < 4.78 is 4.64. The molecule has 0 N–H and O–H groups in total. The summed E-state index contributed by atoms with van der Waals surface area (Å²) in [5.74, 6) is -0.0717. The predicted molar refractivity (Wildman–Crippen MR) is 115 cm³/mol. The summed E-state index contributed by atoms with van der Waals surface area (Å²) in [4.78, 5) is 11.0. The highest BCUT2D eigenvalue weighted by molar-refractivity contribution is 5.68. The molecule has 0 saturated carbocycles. The van der Waals surface area contributed by atoms with Gasteiger partial charge in [0, 0.05) is 6.42 Å². The van der Waals surface area contributed by atoms with Crippen molar-refractivity contribution in [3.63, 3.8) is 0 Å². The molecule has 0 aliphatic carbocycles. The van der Waals surface area contributed by atoms with Crippen molar-refractivity contribution in [2.75, 3.05) is 7.11 Å². The number of allylic oxidation sites excluding steroid dienone is 2. The molecular weight excluding hydrogens is 320 g/mol. The van der Waals surface area contributed by atoms with E-state index in [1.807, 2.05) is 0 Å². The first-order valence-corrected chi connectivity index (χ1v) is 11.5. The van der Waals surface area contributed by atoms with E-state index in [4.69, 9.17) is 0 Å². The number of hydrogen-bond donors (Lipinski definition) is 0. The quantitative estimate of drug-likeness (QED) is 0.123. The maximum absolute atomic E-state index is 11.0. The molecule has 0 amide bonds. The number of carbonyl (C=O) groups is 1. The minimum atomic E-state index is -0.0717. The van der Waals surface area contributed by atoms with Crippen LogP contribution in [0.25, 0.3) is 0 Å². The topological polar surface area (TPSA) is 26.3 Å². The third kappa shape index (κ3) is 21.3. The van der Waals surface area contributed by atoms with E-state index in [0.29, 0.717) is 6.42 Å². The molecule has 0 aromatic heterocycles. The lowest BCUT2D eigenvalue weighted by molar-refractivity contribution is -0.140. The zero-order chi connectivity index (χ0) is 19.1. The van der Waals surface area contributed by atoms with Crippen LogP contribution in [0.1, 0.15) is 129 Å². The lowest BCUT2D eigenvalue weighted by Crippen LogP contribution is -1.99. The minimum absolute atomic E-state index is 0.0717. The first kappa shape index (κ1) is 25.2. The molecule has 0 radical (unpaired) electrons. The van der Waals surface area contributed by atoms with Crippen molar-refractivity contribution < 1.29 is 9.53 Å². The van der Waals surface area contributed by atoms with E-state index in [-0.39, 0.29) is 5.97 Å². The van der Waals surface area contributed by atoms with Gasteiger partial charge < -0.3 is 4.74 Å². The lowest BCUT2D eigenvalue weighted by atomic mass is 10.1. The number of unbranched alkanes of at least 4 members (excludes halogenated alkanes) is 16. The predicted octanol–water partition coefficient (Wildman–Crippen LogP) is 8.15. The Kier molecular flexibility index (Phi) is 21.6. The van der Waals surface area contributed by atoms with Crippen LogP contribution in [0.3, 0.4) is 0 Å². The molecule has 0 rings (SSSR count). The molecule has 0 aliphatic heterocycles. The van der Waals surface area contributed by atoms with Crippen molar-refractivity contribution in [2.45, 2.75) is 129 Å². The molecule has 0 aromatic rings. The summed E-state index contributed by atoms with van der Waals surface area (Å²) in [5.41, 5.74) is 0. The largest absolute Gasteiger partial charge is 0.469 e. The normalized spacial score (nSPS) is 11.3. The summed E-state index contributed by atoms with van der Waals surface area (Å²) >= 11 is 0. The Labute approximate surface area is 164 Å². The molecule has 0 fully saturated rings. The summed E-state index contributed by atoms with van der Waals surface area (Å²) in [7, 11) is 1.46. The first-order chi connectivity index (χ1) is 12.8. The van der Waals surface area contributed by atoms with Crippen molar-refractivity contribution in [3.05, 3.63) is 12.2 Å². The number of methoxy groups -OCH3 is 1. The third-order valence-corrected chi connectivity index (χ3v) is 5.12. The van der Waals surface area contributed by atoms with Crippen LogP contribution in [0.15, 0.2) is 12.2 Å². The Bertz CT molecular complexity index is 309. The van der Waals surface area contributed by atoms with Crippen molar-refractivity contribution in [3.8, 4) is 0 Å². The molecular formula is C24H46O2. The maximum atomic E-state index is 11.0. The van der Waals surface area contributed by atoms with Gasteiger partial charge in [-0.05, 0) is 32.1 Å². The average molecular weight is 367 g/mol. The number of ether oxygens (including phenoxy) is 1. The lowest BCUT2D eigenvalue weighted by Gasteiger charge is -2.01. The van der Waals surface area contributed by atoms with Gasteiger partial charge in [0.1, 0.15) is 0 Å². The van der Waals surface area contributed by atoms with Crippen LogP contribution in [0, 0.1) is 0 Å². The second-order valence-corrected chi connectivity index (χ2v) is 7.68. The molecule has 0 atom stereocenters. The molecule has 0 saturated heterocycles. The van der Waals surface area contributed by atoms with Gasteiger partial charge in [0.15, 0.2) is 0 Å². The average Bonchev–Trinajstić information content (AvgIpc) is 2.66.